The van der Waals surface area contributed by atoms with Crippen molar-refractivity contribution in [3.05, 3.63) is 35.4 Å². The summed E-state index contributed by atoms with van der Waals surface area (Å²) in [6.45, 7) is 10.1. The summed E-state index contributed by atoms with van der Waals surface area (Å²) in [5.74, 6) is 1.88. The van der Waals surface area contributed by atoms with Crippen molar-refractivity contribution in [1.29, 1.82) is 0 Å². The molecule has 0 bridgehead atoms. The van der Waals surface area contributed by atoms with Crippen molar-refractivity contribution < 1.29 is 14.3 Å². The summed E-state index contributed by atoms with van der Waals surface area (Å²) < 4.78 is 12.1. The highest BCUT2D eigenvalue weighted by Gasteiger charge is 2.32. The highest BCUT2D eigenvalue weighted by molar-refractivity contribution is 5.97. The Morgan fingerprint density at radius 1 is 1.25 bits per heavy atom. The first-order valence-corrected chi connectivity index (χ1v) is 8.72. The van der Waals surface area contributed by atoms with Crippen molar-refractivity contribution in [1.82, 2.24) is 0 Å². The van der Waals surface area contributed by atoms with Crippen molar-refractivity contribution in [2.75, 3.05) is 0 Å². The van der Waals surface area contributed by atoms with E-state index in [1.165, 1.54) is 12.5 Å². The highest BCUT2D eigenvalue weighted by atomic mass is 16.5. The average Bonchev–Trinajstić information content (AvgIpc) is 2.49. The Hall–Kier alpha value is -2.03. The summed E-state index contributed by atoms with van der Waals surface area (Å²) in [7, 11) is 0. The molecule has 3 rings (SSSR count). The van der Waals surface area contributed by atoms with Crippen LogP contribution in [0.1, 0.15) is 52.2 Å². The Balaban J connectivity index is 2.33. The van der Waals surface area contributed by atoms with Gasteiger partial charge in [0.25, 0.3) is 0 Å². The predicted molar refractivity (Wildman–Crippen MR) is 96.8 cm³/mol. The molecule has 1 heterocycles. The second-order valence-corrected chi connectivity index (χ2v) is 7.71. The van der Waals surface area contributed by atoms with Crippen molar-refractivity contribution in [2.45, 2.75) is 59.5 Å². The second kappa shape index (κ2) is 6.12. The number of fused-ring (bicyclic) bond motifs is 3. The molecule has 0 radical (unpaired) electrons. The van der Waals surface area contributed by atoms with Crippen LogP contribution in [0.25, 0.3) is 10.8 Å². The zero-order chi connectivity index (χ0) is 17.5. The maximum Gasteiger partial charge on any atom is 0.308 e. The van der Waals surface area contributed by atoms with Crippen molar-refractivity contribution in [3.63, 3.8) is 0 Å². The van der Waals surface area contributed by atoms with Gasteiger partial charge in [-0.25, -0.2) is 0 Å². The van der Waals surface area contributed by atoms with Crippen LogP contribution >= 0.6 is 0 Å². The van der Waals surface area contributed by atoms with Gasteiger partial charge >= 0.3 is 5.97 Å². The van der Waals surface area contributed by atoms with Crippen LogP contribution in [-0.2, 0) is 17.6 Å². The highest BCUT2D eigenvalue weighted by Crippen LogP contribution is 2.46. The Bertz CT molecular complexity index is 787. The normalized spacial score (nSPS) is 15.9. The van der Waals surface area contributed by atoms with E-state index in [0.717, 1.165) is 41.3 Å². The van der Waals surface area contributed by atoms with Crippen LogP contribution in [0.5, 0.6) is 11.5 Å². The molecule has 0 atom stereocenters. The maximum atomic E-state index is 11.7. The van der Waals surface area contributed by atoms with E-state index in [0.29, 0.717) is 11.7 Å². The molecule has 24 heavy (non-hydrogen) atoms. The summed E-state index contributed by atoms with van der Waals surface area (Å²) in [6.07, 6.45) is 2.78. The van der Waals surface area contributed by atoms with Gasteiger partial charge in [-0.3, -0.25) is 4.79 Å². The van der Waals surface area contributed by atoms with E-state index in [9.17, 15) is 4.79 Å². The number of carbonyl (C=O) groups excluding carboxylic acids is 1. The molecule has 0 aromatic heterocycles. The molecule has 2 aromatic carbocycles. The number of hydrogen-bond donors (Lipinski definition) is 0. The van der Waals surface area contributed by atoms with Gasteiger partial charge < -0.3 is 9.47 Å². The molecule has 0 unspecified atom stereocenters. The minimum absolute atomic E-state index is 0.173. The molecular weight excluding hydrogens is 300 g/mol. The summed E-state index contributed by atoms with van der Waals surface area (Å²) in [5, 5.41) is 1.99. The van der Waals surface area contributed by atoms with Gasteiger partial charge in [-0.05, 0) is 39.0 Å². The Kier molecular flexibility index (Phi) is 4.29. The Morgan fingerprint density at radius 3 is 2.54 bits per heavy atom. The molecule has 0 spiro atoms. The van der Waals surface area contributed by atoms with E-state index in [1.54, 1.807) is 0 Å². The number of esters is 1. The molecule has 0 fully saturated rings. The predicted octanol–water partition coefficient (Wildman–Crippen LogP) is 5.07. The summed E-state index contributed by atoms with van der Waals surface area (Å²) in [6, 6.07) is 8.06. The summed E-state index contributed by atoms with van der Waals surface area (Å²) in [4.78, 5) is 11.7. The van der Waals surface area contributed by atoms with Gasteiger partial charge in [0.2, 0.25) is 0 Å². The molecule has 0 amide bonds. The van der Waals surface area contributed by atoms with E-state index in [2.05, 4.69) is 33.8 Å². The Morgan fingerprint density at radius 2 is 1.92 bits per heavy atom. The molecule has 1 aliphatic heterocycles. The summed E-state index contributed by atoms with van der Waals surface area (Å²) >= 11 is 0. The fraction of sp³-hybridized carbons (Fsp3) is 0.476. The van der Waals surface area contributed by atoms with Gasteiger partial charge in [0.15, 0.2) is 0 Å². The molecule has 0 saturated heterocycles. The summed E-state index contributed by atoms with van der Waals surface area (Å²) in [5.41, 5.74) is 2.16. The molecule has 0 saturated carbocycles. The lowest BCUT2D eigenvalue weighted by Gasteiger charge is -2.35. The number of ether oxygens (including phenoxy) is 2. The first-order valence-electron chi connectivity index (χ1n) is 8.72. The van der Waals surface area contributed by atoms with Crippen LogP contribution in [0, 0.1) is 5.92 Å². The molecule has 0 aliphatic carbocycles. The SMILES string of the molecule is CC(=O)Oc1c(CC(C)C)c2c(c3ccccc13)OC(C)(C)CC2. The lowest BCUT2D eigenvalue weighted by atomic mass is 9.85. The fourth-order valence-corrected chi connectivity index (χ4v) is 3.50. The maximum absolute atomic E-state index is 11.7. The van der Waals surface area contributed by atoms with E-state index in [1.807, 2.05) is 18.2 Å². The third-order valence-corrected chi connectivity index (χ3v) is 4.54. The number of hydrogen-bond acceptors (Lipinski definition) is 3. The first-order chi connectivity index (χ1) is 11.3. The third-order valence-electron chi connectivity index (χ3n) is 4.54. The van der Waals surface area contributed by atoms with Gasteiger partial charge in [0.1, 0.15) is 17.1 Å². The molecule has 128 valence electrons. The van der Waals surface area contributed by atoms with Crippen LogP contribution in [-0.4, -0.2) is 11.6 Å². The van der Waals surface area contributed by atoms with Crippen LogP contribution in [0.3, 0.4) is 0 Å². The third kappa shape index (κ3) is 3.12. The first kappa shape index (κ1) is 16.8. The lowest BCUT2D eigenvalue weighted by Crippen LogP contribution is -2.33. The standard InChI is InChI=1S/C21H26O3/c1-13(2)12-18-17-10-11-21(4,5)24-20(17)16-9-7-6-8-15(16)19(18)23-14(3)22/h6-9,13H,10-12H2,1-5H3. The molecule has 1 aliphatic rings. The molecule has 3 heteroatoms. The van der Waals surface area contributed by atoms with Crippen LogP contribution < -0.4 is 9.47 Å². The van der Waals surface area contributed by atoms with Crippen molar-refractivity contribution in [2.24, 2.45) is 5.92 Å². The smallest absolute Gasteiger partial charge is 0.308 e. The largest absolute Gasteiger partial charge is 0.487 e. The molecular formula is C21H26O3. The zero-order valence-electron chi connectivity index (χ0n) is 15.2. The molecule has 2 aromatic rings. The average molecular weight is 326 g/mol. The van der Waals surface area contributed by atoms with Crippen molar-refractivity contribution in [3.8, 4) is 11.5 Å². The van der Waals surface area contributed by atoms with E-state index < -0.39 is 0 Å². The van der Waals surface area contributed by atoms with E-state index in [4.69, 9.17) is 9.47 Å². The number of rotatable bonds is 3. The number of carbonyl (C=O) groups is 1. The van der Waals surface area contributed by atoms with Crippen LogP contribution in [0.4, 0.5) is 0 Å². The fourth-order valence-electron chi connectivity index (χ4n) is 3.50. The molecule has 0 N–H and O–H groups in total. The van der Waals surface area contributed by atoms with E-state index >= 15 is 0 Å². The topological polar surface area (TPSA) is 35.5 Å². The lowest BCUT2D eigenvalue weighted by molar-refractivity contribution is -0.131. The minimum atomic E-state index is -0.276. The monoisotopic (exact) mass is 326 g/mol. The quantitative estimate of drug-likeness (QED) is 0.584. The Labute approximate surface area is 144 Å². The minimum Gasteiger partial charge on any atom is -0.487 e. The van der Waals surface area contributed by atoms with Gasteiger partial charge in [0.05, 0.1) is 0 Å². The van der Waals surface area contributed by atoms with Gasteiger partial charge in [-0.2, -0.15) is 0 Å². The second-order valence-electron chi connectivity index (χ2n) is 7.71. The van der Waals surface area contributed by atoms with Crippen LogP contribution in [0.2, 0.25) is 0 Å². The van der Waals surface area contributed by atoms with Gasteiger partial charge in [-0.1, -0.05) is 38.1 Å². The van der Waals surface area contributed by atoms with Crippen molar-refractivity contribution >= 4 is 16.7 Å². The molecule has 3 nitrogen and oxygen atoms in total. The number of benzene rings is 2. The van der Waals surface area contributed by atoms with Gasteiger partial charge in [-0.15, -0.1) is 0 Å². The van der Waals surface area contributed by atoms with Gasteiger partial charge in [0, 0.05) is 28.8 Å². The zero-order valence-corrected chi connectivity index (χ0v) is 15.2. The van der Waals surface area contributed by atoms with Crippen LogP contribution in [0.15, 0.2) is 24.3 Å². The van der Waals surface area contributed by atoms with E-state index in [-0.39, 0.29) is 11.6 Å².